The number of nitrogens with one attached hydrogen (secondary N) is 2. The molecule has 5 rings (SSSR count). The van der Waals surface area contributed by atoms with Crippen molar-refractivity contribution in [1.29, 1.82) is 0 Å². The second kappa shape index (κ2) is 10.3. The highest BCUT2D eigenvalue weighted by molar-refractivity contribution is 5.99. The molecule has 1 aromatic heterocycles. The molecule has 1 aromatic carbocycles. The van der Waals surface area contributed by atoms with Crippen LogP contribution in [0.1, 0.15) is 79.4 Å². The Morgan fingerprint density at radius 3 is 2.53 bits per heavy atom. The Bertz CT molecular complexity index is 1260. The Morgan fingerprint density at radius 2 is 1.84 bits per heavy atom. The first-order valence-electron chi connectivity index (χ1n) is 13.0. The third-order valence-corrected chi connectivity index (χ3v) is 8.23. The number of pyridine rings is 1. The van der Waals surface area contributed by atoms with Crippen molar-refractivity contribution in [3.63, 3.8) is 0 Å². The van der Waals surface area contributed by atoms with Crippen molar-refractivity contribution >= 4 is 11.6 Å². The van der Waals surface area contributed by atoms with Crippen LogP contribution in [0.5, 0.6) is 0 Å². The van der Waals surface area contributed by atoms with E-state index in [2.05, 4.69) is 15.5 Å². The molecule has 2 aromatic rings. The van der Waals surface area contributed by atoms with Crippen LogP contribution in [0.15, 0.2) is 35.3 Å². The Labute approximate surface area is 217 Å². The number of amides is 1. The molecule has 11 heteroatoms. The first-order chi connectivity index (χ1) is 18.1. The molecule has 38 heavy (non-hydrogen) atoms. The second-order valence-electron chi connectivity index (χ2n) is 10.7. The van der Waals surface area contributed by atoms with E-state index < -0.39 is 47.3 Å². The quantitative estimate of drug-likeness (QED) is 0.453. The van der Waals surface area contributed by atoms with Crippen molar-refractivity contribution < 1.29 is 26.7 Å². The molecule has 0 bridgehead atoms. The van der Waals surface area contributed by atoms with Gasteiger partial charge in [-0.3, -0.25) is 9.59 Å². The van der Waals surface area contributed by atoms with Gasteiger partial charge in [-0.25, -0.2) is 22.0 Å². The Kier molecular flexibility index (Phi) is 7.23. The molecule has 3 atom stereocenters. The van der Waals surface area contributed by atoms with E-state index in [1.165, 1.54) is 25.1 Å². The van der Waals surface area contributed by atoms with E-state index in [1.807, 2.05) is 0 Å². The average molecular weight is 539 g/mol. The number of hydrogen-bond acceptors (Lipinski definition) is 4. The summed E-state index contributed by atoms with van der Waals surface area (Å²) in [4.78, 5) is 28.8. The van der Waals surface area contributed by atoms with E-state index in [0.29, 0.717) is 6.04 Å². The van der Waals surface area contributed by atoms with Crippen LogP contribution in [-0.2, 0) is 5.54 Å². The topological polar surface area (TPSA) is 66.4 Å². The first kappa shape index (κ1) is 26.6. The molecule has 3 fully saturated rings. The first-order valence-corrected chi connectivity index (χ1v) is 13.0. The highest BCUT2D eigenvalue weighted by atomic mass is 19.3. The molecule has 206 valence electrons. The van der Waals surface area contributed by atoms with E-state index in [4.69, 9.17) is 0 Å². The molecule has 2 N–H and O–H groups in total. The Balaban J connectivity index is 1.45. The van der Waals surface area contributed by atoms with Crippen molar-refractivity contribution in [2.24, 2.45) is 0 Å². The molecule has 3 aliphatic rings. The molecule has 0 unspecified atom stereocenters. The van der Waals surface area contributed by atoms with Gasteiger partial charge in [-0.05, 0) is 52.0 Å². The van der Waals surface area contributed by atoms with Crippen LogP contribution >= 0.6 is 0 Å². The highest BCUT2D eigenvalue weighted by Crippen LogP contribution is 2.48. The lowest BCUT2D eigenvalue weighted by Crippen LogP contribution is -2.43. The lowest BCUT2D eigenvalue weighted by molar-refractivity contribution is 0.0648. The minimum atomic E-state index is -3.02. The van der Waals surface area contributed by atoms with Crippen molar-refractivity contribution in [3.05, 3.63) is 63.3 Å². The van der Waals surface area contributed by atoms with E-state index in [9.17, 15) is 31.5 Å². The Morgan fingerprint density at radius 1 is 1.11 bits per heavy atom. The van der Waals surface area contributed by atoms with Crippen LogP contribution in [0, 0.1) is 5.82 Å². The van der Waals surface area contributed by atoms with Gasteiger partial charge in [0.05, 0.1) is 22.9 Å². The second-order valence-corrected chi connectivity index (χ2v) is 10.7. The predicted octanol–water partition coefficient (Wildman–Crippen LogP) is 5.21. The van der Waals surface area contributed by atoms with Gasteiger partial charge in [0.15, 0.2) is 0 Å². The molecule has 3 heterocycles. The number of piperidine rings is 1. The minimum absolute atomic E-state index is 0.0151. The number of aromatic nitrogens is 1. The molecular formula is C27H31F5N4O2. The van der Waals surface area contributed by atoms with Crippen molar-refractivity contribution in [2.75, 3.05) is 18.4 Å². The zero-order valence-corrected chi connectivity index (χ0v) is 21.0. The number of nitrogens with zero attached hydrogens (tertiary/aromatic N) is 2. The summed E-state index contributed by atoms with van der Waals surface area (Å²) in [5, 5.41) is 5.91. The molecular weight excluding hydrogens is 507 g/mol. The summed E-state index contributed by atoms with van der Waals surface area (Å²) < 4.78 is 69.8. The Hall–Kier alpha value is -2.95. The fourth-order valence-electron chi connectivity index (χ4n) is 5.87. The van der Waals surface area contributed by atoms with E-state index in [1.54, 1.807) is 0 Å². The number of hydrogen-bond donors (Lipinski definition) is 2. The summed E-state index contributed by atoms with van der Waals surface area (Å²) in [7, 11) is 0. The summed E-state index contributed by atoms with van der Waals surface area (Å²) >= 11 is 0. The molecule has 1 amide bonds. The normalized spacial score (nSPS) is 23.4. The van der Waals surface area contributed by atoms with Gasteiger partial charge in [0.1, 0.15) is 11.4 Å². The summed E-state index contributed by atoms with van der Waals surface area (Å²) in [6, 6.07) is 4.14. The van der Waals surface area contributed by atoms with Crippen LogP contribution in [-0.4, -0.2) is 47.0 Å². The van der Waals surface area contributed by atoms with E-state index in [-0.39, 0.29) is 35.7 Å². The number of fused-ring (bicyclic) bond motifs is 1. The van der Waals surface area contributed by atoms with Crippen LogP contribution in [0.4, 0.5) is 27.6 Å². The number of rotatable bonds is 8. The smallest absolute Gasteiger partial charge is 0.266 e. The lowest BCUT2D eigenvalue weighted by atomic mass is 9.97. The summed E-state index contributed by atoms with van der Waals surface area (Å²) in [5.74, 6) is -1.84. The number of benzene rings is 1. The monoisotopic (exact) mass is 538 g/mol. The zero-order chi connectivity index (χ0) is 27.2. The van der Waals surface area contributed by atoms with Crippen LogP contribution < -0.4 is 16.2 Å². The maximum atomic E-state index is 14.7. The summed E-state index contributed by atoms with van der Waals surface area (Å²) in [5.41, 5.74) is -2.99. The fourth-order valence-corrected chi connectivity index (χ4v) is 5.87. The fraction of sp³-hybridized carbons (Fsp3) is 0.556. The maximum absolute atomic E-state index is 14.7. The SMILES string of the molecule is C[C@@H](NC(=O)c1cn(C2(C(F)F)CC2)c(=O)cc1N[C@H]1CCN2CCC[C@@H]2C1)c1cccc(C(F)F)c1F. The minimum Gasteiger partial charge on any atom is -0.381 e. The number of halogens is 5. The molecule has 2 saturated heterocycles. The standard InChI is InChI=1S/C27H31F5N4O2/c1-15(18-5-2-6-19(23(18)28)24(29)30)33-25(38)20-14-36(27(8-9-27)26(31)32)22(37)13-21(20)34-16-7-11-35-10-3-4-17(35)12-16/h2,5-6,13-17,24,26,34H,3-4,7-12H2,1H3,(H,33,38)/t15-,16+,17-/m1/s1. The number of alkyl halides is 4. The molecule has 1 saturated carbocycles. The van der Waals surface area contributed by atoms with Crippen LogP contribution in [0.2, 0.25) is 0 Å². The van der Waals surface area contributed by atoms with E-state index in [0.717, 1.165) is 55.6 Å². The number of carbonyl (C=O) groups is 1. The van der Waals surface area contributed by atoms with Gasteiger partial charge >= 0.3 is 0 Å². The van der Waals surface area contributed by atoms with Crippen molar-refractivity contribution in [1.82, 2.24) is 14.8 Å². The molecule has 2 aliphatic heterocycles. The summed E-state index contributed by atoms with van der Waals surface area (Å²) in [6.07, 6.45) is -0.609. The van der Waals surface area contributed by atoms with Gasteiger partial charge < -0.3 is 20.1 Å². The highest BCUT2D eigenvalue weighted by Gasteiger charge is 2.53. The van der Waals surface area contributed by atoms with E-state index >= 15 is 0 Å². The molecule has 6 nitrogen and oxygen atoms in total. The van der Waals surface area contributed by atoms with Gasteiger partial charge in [0, 0.05) is 36.5 Å². The van der Waals surface area contributed by atoms with Gasteiger partial charge in [0.2, 0.25) is 0 Å². The van der Waals surface area contributed by atoms with Gasteiger partial charge in [-0.2, -0.15) is 0 Å². The summed E-state index contributed by atoms with van der Waals surface area (Å²) in [6.45, 7) is 3.39. The van der Waals surface area contributed by atoms with Gasteiger partial charge in [0.25, 0.3) is 24.3 Å². The predicted molar refractivity (Wildman–Crippen MR) is 132 cm³/mol. The average Bonchev–Trinajstić information content (AvgIpc) is 3.55. The van der Waals surface area contributed by atoms with Gasteiger partial charge in [-0.15, -0.1) is 0 Å². The molecule has 1 aliphatic carbocycles. The number of anilines is 1. The van der Waals surface area contributed by atoms with Crippen LogP contribution in [0.25, 0.3) is 0 Å². The zero-order valence-electron chi connectivity index (χ0n) is 21.0. The van der Waals surface area contributed by atoms with Gasteiger partial charge in [-0.1, -0.05) is 18.2 Å². The van der Waals surface area contributed by atoms with Crippen LogP contribution in [0.3, 0.4) is 0 Å². The molecule has 0 spiro atoms. The third kappa shape index (κ3) is 4.92. The van der Waals surface area contributed by atoms with Crippen molar-refractivity contribution in [2.45, 2.75) is 82.0 Å². The largest absolute Gasteiger partial charge is 0.381 e. The molecule has 0 radical (unpaired) electrons. The maximum Gasteiger partial charge on any atom is 0.266 e. The lowest BCUT2D eigenvalue weighted by Gasteiger charge is -2.36. The third-order valence-electron chi connectivity index (χ3n) is 8.23. The van der Waals surface area contributed by atoms with Crippen molar-refractivity contribution in [3.8, 4) is 0 Å². The number of carbonyl (C=O) groups excluding carboxylic acids is 1.